The van der Waals surface area contributed by atoms with E-state index in [1.807, 2.05) is 24.3 Å². The van der Waals surface area contributed by atoms with Crippen molar-refractivity contribution in [1.29, 1.82) is 0 Å². The number of aliphatic hydroxyl groups is 1. The molecular formula is C16H18FNO2. The van der Waals surface area contributed by atoms with Crippen LogP contribution in [0.15, 0.2) is 48.5 Å². The van der Waals surface area contributed by atoms with Crippen LogP contribution in [0.4, 0.5) is 4.39 Å². The van der Waals surface area contributed by atoms with E-state index in [9.17, 15) is 9.50 Å². The van der Waals surface area contributed by atoms with Crippen molar-refractivity contribution >= 4 is 0 Å². The van der Waals surface area contributed by atoms with Crippen molar-refractivity contribution in [3.05, 3.63) is 65.5 Å². The number of hydrogen-bond donors (Lipinski definition) is 2. The van der Waals surface area contributed by atoms with E-state index in [-0.39, 0.29) is 5.82 Å². The maximum Gasteiger partial charge on any atom is 0.123 e. The van der Waals surface area contributed by atoms with Crippen LogP contribution in [-0.2, 0) is 6.54 Å². The molecular weight excluding hydrogens is 257 g/mol. The quantitative estimate of drug-likeness (QED) is 0.851. The van der Waals surface area contributed by atoms with Crippen molar-refractivity contribution in [3.8, 4) is 5.75 Å². The van der Waals surface area contributed by atoms with E-state index in [1.54, 1.807) is 19.2 Å². The van der Waals surface area contributed by atoms with E-state index < -0.39 is 6.10 Å². The lowest BCUT2D eigenvalue weighted by Crippen LogP contribution is -2.21. The molecule has 0 aliphatic rings. The van der Waals surface area contributed by atoms with E-state index in [1.165, 1.54) is 12.1 Å². The average Bonchev–Trinajstić information content (AvgIpc) is 2.47. The molecule has 4 heteroatoms. The lowest BCUT2D eigenvalue weighted by Gasteiger charge is -2.13. The SMILES string of the molecule is COc1cccc(C(O)CNCc2cccc(F)c2)c1. The Morgan fingerprint density at radius 1 is 1.20 bits per heavy atom. The third-order valence-electron chi connectivity index (χ3n) is 3.03. The Morgan fingerprint density at radius 3 is 2.75 bits per heavy atom. The van der Waals surface area contributed by atoms with Gasteiger partial charge in [-0.15, -0.1) is 0 Å². The van der Waals surface area contributed by atoms with Gasteiger partial charge in [-0.3, -0.25) is 0 Å². The van der Waals surface area contributed by atoms with E-state index in [0.29, 0.717) is 18.8 Å². The van der Waals surface area contributed by atoms with Gasteiger partial charge in [-0.05, 0) is 35.4 Å². The average molecular weight is 275 g/mol. The first-order chi connectivity index (χ1) is 9.69. The van der Waals surface area contributed by atoms with E-state index in [4.69, 9.17) is 4.74 Å². The summed E-state index contributed by atoms with van der Waals surface area (Å²) in [5.74, 6) is 0.462. The largest absolute Gasteiger partial charge is 0.497 e. The summed E-state index contributed by atoms with van der Waals surface area (Å²) in [6.07, 6.45) is -0.626. The number of halogens is 1. The topological polar surface area (TPSA) is 41.5 Å². The lowest BCUT2D eigenvalue weighted by molar-refractivity contribution is 0.174. The summed E-state index contributed by atoms with van der Waals surface area (Å²) in [4.78, 5) is 0. The van der Waals surface area contributed by atoms with Crippen molar-refractivity contribution in [2.24, 2.45) is 0 Å². The molecule has 106 valence electrons. The second-order valence-corrected chi connectivity index (χ2v) is 4.55. The number of benzene rings is 2. The van der Waals surface area contributed by atoms with Gasteiger partial charge in [-0.1, -0.05) is 24.3 Å². The zero-order valence-corrected chi connectivity index (χ0v) is 11.3. The molecule has 0 heterocycles. The molecule has 0 saturated carbocycles. The van der Waals surface area contributed by atoms with E-state index in [2.05, 4.69) is 5.32 Å². The summed E-state index contributed by atoms with van der Waals surface area (Å²) in [5.41, 5.74) is 1.64. The fraction of sp³-hybridized carbons (Fsp3) is 0.250. The monoisotopic (exact) mass is 275 g/mol. The second-order valence-electron chi connectivity index (χ2n) is 4.55. The second kappa shape index (κ2) is 7.03. The molecule has 3 nitrogen and oxygen atoms in total. The number of nitrogens with one attached hydrogen (secondary N) is 1. The zero-order valence-electron chi connectivity index (χ0n) is 11.3. The molecule has 0 bridgehead atoms. The van der Waals surface area contributed by atoms with Crippen LogP contribution in [0.25, 0.3) is 0 Å². The van der Waals surface area contributed by atoms with Crippen LogP contribution in [0, 0.1) is 5.82 Å². The standard InChI is InChI=1S/C16H18FNO2/c1-20-15-7-3-5-13(9-15)16(19)11-18-10-12-4-2-6-14(17)8-12/h2-9,16,18-19H,10-11H2,1H3. The molecule has 0 aromatic heterocycles. The number of methoxy groups -OCH3 is 1. The first-order valence-electron chi connectivity index (χ1n) is 6.46. The molecule has 0 aliphatic heterocycles. The molecule has 2 N–H and O–H groups in total. The minimum absolute atomic E-state index is 0.252. The third-order valence-corrected chi connectivity index (χ3v) is 3.03. The van der Waals surface area contributed by atoms with Gasteiger partial charge in [0.15, 0.2) is 0 Å². The van der Waals surface area contributed by atoms with Gasteiger partial charge in [0.2, 0.25) is 0 Å². The Hall–Kier alpha value is -1.91. The van der Waals surface area contributed by atoms with Gasteiger partial charge in [0.25, 0.3) is 0 Å². The minimum atomic E-state index is -0.626. The van der Waals surface area contributed by atoms with Gasteiger partial charge in [0, 0.05) is 13.1 Å². The normalized spacial score (nSPS) is 12.2. The van der Waals surface area contributed by atoms with Crippen LogP contribution >= 0.6 is 0 Å². The summed E-state index contributed by atoms with van der Waals surface area (Å²) in [6.45, 7) is 0.905. The zero-order chi connectivity index (χ0) is 14.4. The molecule has 0 aliphatic carbocycles. The molecule has 0 saturated heterocycles. The summed E-state index contributed by atoms with van der Waals surface area (Å²) >= 11 is 0. The highest BCUT2D eigenvalue weighted by atomic mass is 19.1. The first kappa shape index (κ1) is 14.5. The van der Waals surface area contributed by atoms with Crippen LogP contribution in [0.3, 0.4) is 0 Å². The Bertz CT molecular complexity index is 560. The predicted molar refractivity (Wildman–Crippen MR) is 76.1 cm³/mol. The summed E-state index contributed by atoms with van der Waals surface area (Å²) in [5, 5.41) is 13.2. The fourth-order valence-corrected chi connectivity index (χ4v) is 1.97. The van der Waals surface area contributed by atoms with Crippen molar-refractivity contribution in [3.63, 3.8) is 0 Å². The number of hydrogen-bond acceptors (Lipinski definition) is 3. The van der Waals surface area contributed by atoms with Crippen LogP contribution in [0.5, 0.6) is 5.75 Å². The van der Waals surface area contributed by atoms with Crippen molar-refractivity contribution < 1.29 is 14.2 Å². The Labute approximate surface area is 118 Å². The molecule has 20 heavy (non-hydrogen) atoms. The van der Waals surface area contributed by atoms with Gasteiger partial charge in [0.05, 0.1) is 13.2 Å². The van der Waals surface area contributed by atoms with E-state index in [0.717, 1.165) is 11.1 Å². The van der Waals surface area contributed by atoms with Crippen molar-refractivity contribution in [2.75, 3.05) is 13.7 Å². The summed E-state index contributed by atoms with van der Waals surface area (Å²) < 4.78 is 18.1. The highest BCUT2D eigenvalue weighted by molar-refractivity contribution is 5.30. The van der Waals surface area contributed by atoms with Gasteiger partial charge in [-0.2, -0.15) is 0 Å². The highest BCUT2D eigenvalue weighted by Crippen LogP contribution is 2.18. The molecule has 0 fully saturated rings. The van der Waals surface area contributed by atoms with Crippen molar-refractivity contribution in [2.45, 2.75) is 12.6 Å². The van der Waals surface area contributed by atoms with Crippen LogP contribution in [-0.4, -0.2) is 18.8 Å². The molecule has 1 atom stereocenters. The molecule has 2 aromatic rings. The lowest BCUT2D eigenvalue weighted by atomic mass is 10.1. The number of rotatable bonds is 6. The molecule has 2 rings (SSSR count). The Kier molecular flexibility index (Phi) is 5.09. The maximum atomic E-state index is 13.0. The Morgan fingerprint density at radius 2 is 2.00 bits per heavy atom. The van der Waals surface area contributed by atoms with Crippen LogP contribution < -0.4 is 10.1 Å². The Balaban J connectivity index is 1.87. The number of aliphatic hydroxyl groups excluding tert-OH is 1. The van der Waals surface area contributed by atoms with Crippen LogP contribution in [0.2, 0.25) is 0 Å². The first-order valence-corrected chi connectivity index (χ1v) is 6.46. The third kappa shape index (κ3) is 4.05. The van der Waals surface area contributed by atoms with Crippen LogP contribution in [0.1, 0.15) is 17.2 Å². The molecule has 0 spiro atoms. The van der Waals surface area contributed by atoms with Gasteiger partial charge in [-0.25, -0.2) is 4.39 Å². The fourth-order valence-electron chi connectivity index (χ4n) is 1.97. The van der Waals surface area contributed by atoms with Gasteiger partial charge < -0.3 is 15.2 Å². The smallest absolute Gasteiger partial charge is 0.123 e. The molecule has 0 amide bonds. The molecule has 2 aromatic carbocycles. The van der Waals surface area contributed by atoms with Crippen molar-refractivity contribution in [1.82, 2.24) is 5.32 Å². The van der Waals surface area contributed by atoms with E-state index >= 15 is 0 Å². The summed E-state index contributed by atoms with van der Waals surface area (Å²) in [6, 6.07) is 13.7. The van der Waals surface area contributed by atoms with Gasteiger partial charge in [0.1, 0.15) is 11.6 Å². The molecule has 1 unspecified atom stereocenters. The van der Waals surface area contributed by atoms with Gasteiger partial charge >= 0.3 is 0 Å². The highest BCUT2D eigenvalue weighted by Gasteiger charge is 2.08. The number of ether oxygens (including phenoxy) is 1. The maximum absolute atomic E-state index is 13.0. The predicted octanol–water partition coefficient (Wildman–Crippen LogP) is 2.66. The molecule has 0 radical (unpaired) electrons. The summed E-state index contributed by atoms with van der Waals surface area (Å²) in [7, 11) is 1.59. The minimum Gasteiger partial charge on any atom is -0.497 e.